The molecule has 3 aromatic rings. The summed E-state index contributed by atoms with van der Waals surface area (Å²) in [5, 5.41) is 2.14. The van der Waals surface area contributed by atoms with Crippen molar-refractivity contribution in [3.63, 3.8) is 0 Å². The second-order valence-electron chi connectivity index (χ2n) is 6.89. The van der Waals surface area contributed by atoms with Gasteiger partial charge in [-0.15, -0.1) is 0 Å². The number of hydrogen-bond donors (Lipinski definition) is 3. The van der Waals surface area contributed by atoms with Crippen molar-refractivity contribution in [2.24, 2.45) is 0 Å². The summed E-state index contributed by atoms with van der Waals surface area (Å²) in [5.74, 6) is 0.252. The molecule has 0 aliphatic heterocycles. The number of hydrogen-bond acceptors (Lipinski definition) is 5. The van der Waals surface area contributed by atoms with Gasteiger partial charge in [0.25, 0.3) is 5.91 Å². The van der Waals surface area contributed by atoms with E-state index < -0.39 is 10.0 Å². The first-order valence-electron chi connectivity index (χ1n) is 9.28. The zero-order chi connectivity index (χ0) is 20.3. The third-order valence-electron chi connectivity index (χ3n) is 4.50. The van der Waals surface area contributed by atoms with Crippen LogP contribution in [-0.4, -0.2) is 27.0 Å². The molecule has 29 heavy (non-hydrogen) atoms. The van der Waals surface area contributed by atoms with Crippen molar-refractivity contribution in [2.45, 2.75) is 23.8 Å². The van der Waals surface area contributed by atoms with Crippen LogP contribution in [0.25, 0.3) is 10.8 Å². The summed E-state index contributed by atoms with van der Waals surface area (Å²) >= 11 is 0. The predicted octanol–water partition coefficient (Wildman–Crippen LogP) is 2.80. The molecule has 7 nitrogen and oxygen atoms in total. The van der Waals surface area contributed by atoms with Gasteiger partial charge in [-0.05, 0) is 60.0 Å². The normalized spacial score (nSPS) is 13.8. The van der Waals surface area contributed by atoms with E-state index in [1.54, 1.807) is 12.1 Å². The SMILES string of the molecule is O=C(COc1ccc2ccccc2c1)NNc1ccc(S(=O)(=O)NC2CC2)cc1. The van der Waals surface area contributed by atoms with Crippen molar-refractivity contribution in [1.82, 2.24) is 10.1 Å². The molecule has 3 aromatic carbocycles. The molecule has 1 saturated carbocycles. The average Bonchev–Trinajstić information content (AvgIpc) is 3.54. The number of amides is 1. The molecular weight excluding hydrogens is 390 g/mol. The van der Waals surface area contributed by atoms with Gasteiger partial charge in [0, 0.05) is 6.04 Å². The van der Waals surface area contributed by atoms with Crippen LogP contribution >= 0.6 is 0 Å². The molecule has 1 aliphatic rings. The predicted molar refractivity (Wildman–Crippen MR) is 111 cm³/mol. The number of carbonyl (C=O) groups excluding carboxylic acids is 1. The molecule has 0 unspecified atom stereocenters. The van der Waals surface area contributed by atoms with Crippen LogP contribution in [0.15, 0.2) is 71.6 Å². The lowest BCUT2D eigenvalue weighted by atomic mass is 10.1. The molecule has 0 radical (unpaired) electrons. The first-order chi connectivity index (χ1) is 14.0. The summed E-state index contributed by atoms with van der Waals surface area (Å²) in [6.07, 6.45) is 1.76. The molecule has 1 fully saturated rings. The van der Waals surface area contributed by atoms with Gasteiger partial charge in [0.05, 0.1) is 10.6 Å². The van der Waals surface area contributed by atoms with Crippen LogP contribution in [0.3, 0.4) is 0 Å². The van der Waals surface area contributed by atoms with Crippen LogP contribution < -0.4 is 20.3 Å². The van der Waals surface area contributed by atoms with E-state index in [0.717, 1.165) is 23.6 Å². The van der Waals surface area contributed by atoms with Crippen molar-refractivity contribution in [3.8, 4) is 5.75 Å². The third kappa shape index (κ3) is 5.04. The fraction of sp³-hybridized carbons (Fsp3) is 0.190. The van der Waals surface area contributed by atoms with E-state index >= 15 is 0 Å². The Bertz CT molecular complexity index is 1130. The molecule has 3 N–H and O–H groups in total. The van der Waals surface area contributed by atoms with Gasteiger partial charge in [0.1, 0.15) is 5.75 Å². The first-order valence-corrected chi connectivity index (χ1v) is 10.8. The number of rotatable bonds is 8. The Morgan fingerprint density at radius 1 is 0.966 bits per heavy atom. The van der Waals surface area contributed by atoms with E-state index in [2.05, 4.69) is 15.6 Å². The molecule has 0 bridgehead atoms. The molecule has 0 saturated heterocycles. The van der Waals surface area contributed by atoms with E-state index in [1.807, 2.05) is 42.5 Å². The summed E-state index contributed by atoms with van der Waals surface area (Å²) in [7, 11) is -3.49. The maximum atomic E-state index is 12.1. The highest BCUT2D eigenvalue weighted by Gasteiger charge is 2.27. The minimum Gasteiger partial charge on any atom is -0.484 e. The molecule has 0 aromatic heterocycles. The number of ether oxygens (including phenoxy) is 1. The molecule has 4 rings (SSSR count). The number of anilines is 1. The minimum absolute atomic E-state index is 0.0553. The number of hydrazine groups is 1. The first kappa shape index (κ1) is 19.2. The summed E-state index contributed by atoms with van der Waals surface area (Å²) in [6.45, 7) is -0.150. The molecule has 0 heterocycles. The Labute approximate surface area is 169 Å². The summed E-state index contributed by atoms with van der Waals surface area (Å²) in [5.41, 5.74) is 5.84. The average molecular weight is 411 g/mol. The fourth-order valence-electron chi connectivity index (χ4n) is 2.79. The number of fused-ring (bicyclic) bond motifs is 1. The maximum absolute atomic E-state index is 12.1. The summed E-state index contributed by atoms with van der Waals surface area (Å²) in [6, 6.07) is 19.8. The Morgan fingerprint density at radius 2 is 1.69 bits per heavy atom. The zero-order valence-electron chi connectivity index (χ0n) is 15.6. The van der Waals surface area contributed by atoms with Crippen LogP contribution in [0.1, 0.15) is 12.8 Å². The summed E-state index contributed by atoms with van der Waals surface area (Å²) < 4.78 is 32.4. The van der Waals surface area contributed by atoms with Gasteiger partial charge >= 0.3 is 0 Å². The van der Waals surface area contributed by atoms with Gasteiger partial charge in [-0.1, -0.05) is 30.3 Å². The largest absolute Gasteiger partial charge is 0.484 e. The monoisotopic (exact) mass is 411 g/mol. The van der Waals surface area contributed by atoms with E-state index in [4.69, 9.17) is 4.74 Å². The van der Waals surface area contributed by atoms with Crippen molar-refractivity contribution < 1.29 is 17.9 Å². The van der Waals surface area contributed by atoms with Gasteiger partial charge in [0.15, 0.2) is 6.61 Å². The second kappa shape index (κ2) is 8.10. The van der Waals surface area contributed by atoms with E-state index in [9.17, 15) is 13.2 Å². The second-order valence-corrected chi connectivity index (χ2v) is 8.60. The Hall–Kier alpha value is -3.10. The van der Waals surface area contributed by atoms with Gasteiger partial charge in [-0.2, -0.15) is 0 Å². The molecule has 8 heteroatoms. The lowest BCUT2D eigenvalue weighted by Gasteiger charge is -2.11. The molecule has 150 valence electrons. The topological polar surface area (TPSA) is 96.5 Å². The highest BCUT2D eigenvalue weighted by atomic mass is 32.2. The van der Waals surface area contributed by atoms with E-state index in [1.165, 1.54) is 12.1 Å². The van der Waals surface area contributed by atoms with Crippen LogP contribution in [0.5, 0.6) is 5.75 Å². The molecular formula is C21H21N3O4S. The van der Waals surface area contributed by atoms with Crippen LogP contribution in [0.2, 0.25) is 0 Å². The Kier molecular flexibility index (Phi) is 5.37. The zero-order valence-corrected chi connectivity index (χ0v) is 16.4. The minimum atomic E-state index is -3.49. The molecule has 0 spiro atoms. The quantitative estimate of drug-likeness (QED) is 0.496. The highest BCUT2D eigenvalue weighted by molar-refractivity contribution is 7.89. The van der Waals surface area contributed by atoms with Crippen molar-refractivity contribution in [3.05, 3.63) is 66.7 Å². The Balaban J connectivity index is 1.27. The molecule has 1 amide bonds. The number of sulfonamides is 1. The lowest BCUT2D eigenvalue weighted by molar-refractivity contribution is -0.122. The van der Waals surface area contributed by atoms with Crippen LogP contribution in [0, 0.1) is 0 Å². The Morgan fingerprint density at radius 3 is 2.41 bits per heavy atom. The standard InChI is InChI=1S/C21H21N3O4S/c25-21(14-28-19-10-5-15-3-1-2-4-16(15)13-19)23-22-17-8-11-20(12-9-17)29(26,27)24-18-6-7-18/h1-5,8-13,18,22,24H,6-7,14H2,(H,23,25). The number of nitrogens with one attached hydrogen (secondary N) is 3. The van der Waals surface area contributed by atoms with E-state index in [-0.39, 0.29) is 23.5 Å². The molecule has 1 aliphatic carbocycles. The lowest BCUT2D eigenvalue weighted by Crippen LogP contribution is -2.33. The van der Waals surface area contributed by atoms with Crippen molar-refractivity contribution in [1.29, 1.82) is 0 Å². The number of benzene rings is 3. The maximum Gasteiger partial charge on any atom is 0.276 e. The van der Waals surface area contributed by atoms with Gasteiger partial charge in [-0.3, -0.25) is 15.6 Å². The summed E-state index contributed by atoms with van der Waals surface area (Å²) in [4.78, 5) is 12.2. The van der Waals surface area contributed by atoms with Crippen LogP contribution in [0.4, 0.5) is 5.69 Å². The van der Waals surface area contributed by atoms with Crippen LogP contribution in [-0.2, 0) is 14.8 Å². The fourth-order valence-corrected chi connectivity index (χ4v) is 4.10. The number of carbonyl (C=O) groups is 1. The van der Waals surface area contributed by atoms with Crippen molar-refractivity contribution >= 4 is 32.4 Å². The van der Waals surface area contributed by atoms with Gasteiger partial charge in [0.2, 0.25) is 10.0 Å². The van der Waals surface area contributed by atoms with E-state index in [0.29, 0.717) is 11.4 Å². The van der Waals surface area contributed by atoms with Gasteiger partial charge < -0.3 is 4.74 Å². The highest BCUT2D eigenvalue weighted by Crippen LogP contribution is 2.23. The third-order valence-corrected chi connectivity index (χ3v) is 6.04. The van der Waals surface area contributed by atoms with Gasteiger partial charge in [-0.25, -0.2) is 13.1 Å². The smallest absolute Gasteiger partial charge is 0.276 e. The van der Waals surface area contributed by atoms with Crippen molar-refractivity contribution in [2.75, 3.05) is 12.0 Å². The molecule has 0 atom stereocenters.